The number of hydrogen-bond donors (Lipinski definition) is 2. The fraction of sp³-hybridized carbons (Fsp3) is 0.632. The molecule has 2 N–H and O–H groups in total. The van der Waals surface area contributed by atoms with E-state index in [1.807, 2.05) is 18.2 Å². The number of nitrogens with one attached hydrogen (secondary N) is 2. The Morgan fingerprint density at radius 3 is 2.70 bits per heavy atom. The minimum absolute atomic E-state index is 0.0190. The van der Waals surface area contributed by atoms with Crippen LogP contribution in [0.2, 0.25) is 0 Å². The van der Waals surface area contributed by atoms with E-state index in [-0.39, 0.29) is 12.5 Å². The Morgan fingerprint density at radius 1 is 1.22 bits per heavy atom. The van der Waals surface area contributed by atoms with Crippen molar-refractivity contribution in [1.29, 1.82) is 0 Å². The van der Waals surface area contributed by atoms with Crippen molar-refractivity contribution in [3.8, 4) is 0 Å². The Bertz CT molecular complexity index is 552. The number of ether oxygens (including phenoxy) is 1. The molecule has 0 aliphatic rings. The van der Waals surface area contributed by atoms with Gasteiger partial charge in [0.15, 0.2) is 5.96 Å². The highest BCUT2D eigenvalue weighted by molar-refractivity contribution is 5.86. The number of nitrogens with zero attached hydrogens (tertiary/aromatic N) is 4. The summed E-state index contributed by atoms with van der Waals surface area (Å²) in [4.78, 5) is 24.6. The van der Waals surface area contributed by atoms with E-state index in [4.69, 9.17) is 4.74 Å². The van der Waals surface area contributed by atoms with Crippen LogP contribution in [0.3, 0.4) is 0 Å². The lowest BCUT2D eigenvalue weighted by Crippen LogP contribution is -2.45. The number of amides is 1. The average molecular weight is 379 g/mol. The zero-order valence-electron chi connectivity index (χ0n) is 17.1. The van der Waals surface area contributed by atoms with E-state index in [2.05, 4.69) is 32.6 Å². The van der Waals surface area contributed by atoms with Crippen LogP contribution in [0.5, 0.6) is 0 Å². The molecule has 0 radical (unpaired) electrons. The van der Waals surface area contributed by atoms with Crippen LogP contribution >= 0.6 is 0 Å². The molecule has 1 heterocycles. The molecule has 0 atom stereocenters. The van der Waals surface area contributed by atoms with Gasteiger partial charge in [0, 0.05) is 72.3 Å². The molecule has 0 aliphatic carbocycles. The number of hydrogen-bond acceptors (Lipinski definition) is 5. The molecule has 1 amide bonds. The first kappa shape index (κ1) is 22.9. The molecule has 27 heavy (non-hydrogen) atoms. The van der Waals surface area contributed by atoms with Gasteiger partial charge in [-0.25, -0.2) is 0 Å². The third-order valence-electron chi connectivity index (χ3n) is 4.16. The van der Waals surface area contributed by atoms with Gasteiger partial charge in [-0.05, 0) is 25.6 Å². The van der Waals surface area contributed by atoms with Crippen molar-refractivity contribution in [3.63, 3.8) is 0 Å². The monoisotopic (exact) mass is 378 g/mol. The van der Waals surface area contributed by atoms with Gasteiger partial charge in [-0.3, -0.25) is 14.8 Å². The molecule has 152 valence electrons. The normalized spacial score (nSPS) is 11.5. The third-order valence-corrected chi connectivity index (χ3v) is 4.16. The molecule has 1 aromatic rings. The number of carbonyl (C=O) groups excluding carboxylic acids is 1. The molecule has 0 saturated carbocycles. The second kappa shape index (κ2) is 13.9. The highest BCUT2D eigenvalue weighted by Crippen LogP contribution is 1.96. The first-order chi connectivity index (χ1) is 13.1. The van der Waals surface area contributed by atoms with E-state index in [0.717, 1.165) is 44.8 Å². The number of pyridine rings is 1. The molecule has 0 saturated heterocycles. The number of likely N-dealkylation sites (N-methyl/N-ethyl adjacent to an activating group) is 2. The largest absolute Gasteiger partial charge is 0.385 e. The van der Waals surface area contributed by atoms with Gasteiger partial charge in [0.05, 0.1) is 6.54 Å². The van der Waals surface area contributed by atoms with Gasteiger partial charge in [0.25, 0.3) is 0 Å². The van der Waals surface area contributed by atoms with E-state index in [9.17, 15) is 4.79 Å². The van der Waals surface area contributed by atoms with Crippen molar-refractivity contribution in [3.05, 3.63) is 30.1 Å². The zero-order chi connectivity index (χ0) is 19.9. The van der Waals surface area contributed by atoms with Crippen LogP contribution < -0.4 is 10.6 Å². The van der Waals surface area contributed by atoms with E-state index >= 15 is 0 Å². The van der Waals surface area contributed by atoms with Gasteiger partial charge in [0.1, 0.15) is 0 Å². The van der Waals surface area contributed by atoms with E-state index in [0.29, 0.717) is 12.5 Å². The van der Waals surface area contributed by atoms with Crippen molar-refractivity contribution in [2.45, 2.75) is 12.8 Å². The Morgan fingerprint density at radius 2 is 2.04 bits per heavy atom. The van der Waals surface area contributed by atoms with Crippen LogP contribution in [0.1, 0.15) is 12.1 Å². The molecular weight excluding hydrogens is 344 g/mol. The van der Waals surface area contributed by atoms with E-state index in [1.54, 1.807) is 32.3 Å². The first-order valence-corrected chi connectivity index (χ1v) is 9.32. The van der Waals surface area contributed by atoms with Crippen LogP contribution in [0.15, 0.2) is 29.4 Å². The summed E-state index contributed by atoms with van der Waals surface area (Å²) < 4.78 is 5.06. The molecule has 1 rings (SSSR count). The van der Waals surface area contributed by atoms with Crippen molar-refractivity contribution >= 4 is 11.9 Å². The fourth-order valence-electron chi connectivity index (χ4n) is 2.42. The summed E-state index contributed by atoms with van der Waals surface area (Å²) in [5, 5.41) is 6.30. The Balaban J connectivity index is 2.21. The van der Waals surface area contributed by atoms with Gasteiger partial charge in [-0.1, -0.05) is 6.07 Å². The second-order valence-corrected chi connectivity index (χ2v) is 6.39. The molecule has 0 aliphatic heterocycles. The van der Waals surface area contributed by atoms with Gasteiger partial charge < -0.3 is 25.2 Å². The standard InChI is InChI=1S/C19H34N6O2/c1-20-19(22-11-14-24(2)12-7-15-27-4)23-16-18(26)25(3)13-9-17-8-5-6-10-21-17/h5-6,8,10H,7,9,11-16H2,1-4H3,(H2,20,22,23). The van der Waals surface area contributed by atoms with E-state index < -0.39 is 0 Å². The maximum Gasteiger partial charge on any atom is 0.241 e. The number of rotatable bonds is 12. The van der Waals surface area contributed by atoms with Crippen molar-refractivity contribution < 1.29 is 9.53 Å². The van der Waals surface area contributed by atoms with Crippen LogP contribution in [0.4, 0.5) is 0 Å². The Kier molecular flexibility index (Phi) is 11.8. The summed E-state index contributed by atoms with van der Waals surface area (Å²) in [6.07, 6.45) is 3.52. The topological polar surface area (TPSA) is 82.1 Å². The van der Waals surface area contributed by atoms with Gasteiger partial charge in [0.2, 0.25) is 5.91 Å². The number of guanidine groups is 1. The van der Waals surface area contributed by atoms with Crippen molar-refractivity contribution in [2.75, 3.05) is 67.6 Å². The molecule has 1 aromatic heterocycles. The minimum Gasteiger partial charge on any atom is -0.385 e. The van der Waals surface area contributed by atoms with Crippen molar-refractivity contribution in [1.82, 2.24) is 25.4 Å². The molecule has 0 unspecified atom stereocenters. The zero-order valence-corrected chi connectivity index (χ0v) is 17.1. The molecular formula is C19H34N6O2. The third kappa shape index (κ3) is 10.5. The summed E-state index contributed by atoms with van der Waals surface area (Å²) in [7, 11) is 7.30. The maximum atomic E-state index is 12.3. The first-order valence-electron chi connectivity index (χ1n) is 9.32. The molecule has 8 nitrogen and oxygen atoms in total. The van der Waals surface area contributed by atoms with Crippen molar-refractivity contribution in [2.24, 2.45) is 4.99 Å². The summed E-state index contributed by atoms with van der Waals surface area (Å²) in [5.41, 5.74) is 0.984. The number of carbonyl (C=O) groups is 1. The summed E-state index contributed by atoms with van der Waals surface area (Å²) in [6, 6.07) is 5.81. The number of aliphatic imine (C=N–C) groups is 1. The molecule has 0 bridgehead atoms. The van der Waals surface area contributed by atoms with Gasteiger partial charge in [-0.15, -0.1) is 0 Å². The quantitative estimate of drug-likeness (QED) is 0.308. The summed E-state index contributed by atoms with van der Waals surface area (Å²) >= 11 is 0. The molecule has 0 fully saturated rings. The summed E-state index contributed by atoms with van der Waals surface area (Å²) in [5.74, 6) is 0.650. The van der Waals surface area contributed by atoms with Gasteiger partial charge in [-0.2, -0.15) is 0 Å². The van der Waals surface area contributed by atoms with Crippen LogP contribution in [-0.2, 0) is 16.0 Å². The highest BCUT2D eigenvalue weighted by Gasteiger charge is 2.10. The number of aromatic nitrogens is 1. The van der Waals surface area contributed by atoms with Crippen LogP contribution in [0, 0.1) is 0 Å². The fourth-order valence-corrected chi connectivity index (χ4v) is 2.42. The Hall–Kier alpha value is -2.19. The highest BCUT2D eigenvalue weighted by atomic mass is 16.5. The molecule has 0 aromatic carbocycles. The second-order valence-electron chi connectivity index (χ2n) is 6.39. The predicted molar refractivity (Wildman–Crippen MR) is 109 cm³/mol. The lowest BCUT2D eigenvalue weighted by Gasteiger charge is -2.20. The van der Waals surface area contributed by atoms with Gasteiger partial charge >= 0.3 is 0 Å². The van der Waals surface area contributed by atoms with Crippen LogP contribution in [0.25, 0.3) is 0 Å². The minimum atomic E-state index is 0.0190. The maximum absolute atomic E-state index is 12.3. The predicted octanol–water partition coefficient (Wildman–Crippen LogP) is 0.216. The smallest absolute Gasteiger partial charge is 0.241 e. The molecule has 8 heteroatoms. The molecule has 0 spiro atoms. The lowest BCUT2D eigenvalue weighted by molar-refractivity contribution is -0.128. The lowest BCUT2D eigenvalue weighted by atomic mass is 10.2. The summed E-state index contributed by atoms with van der Waals surface area (Å²) in [6.45, 7) is 4.26. The van der Waals surface area contributed by atoms with E-state index in [1.165, 1.54) is 0 Å². The van der Waals surface area contributed by atoms with Crippen LogP contribution in [-0.4, -0.2) is 94.2 Å². The SMILES string of the molecule is CN=C(NCCN(C)CCCOC)NCC(=O)N(C)CCc1ccccn1. The number of methoxy groups -OCH3 is 1. The Labute approximate surface area is 163 Å². The average Bonchev–Trinajstić information content (AvgIpc) is 2.69.